The van der Waals surface area contributed by atoms with Crippen molar-refractivity contribution in [3.05, 3.63) is 34.9 Å². The zero-order valence-corrected chi connectivity index (χ0v) is 20.3. The molecule has 3 aliphatic rings. The molecule has 2 heterocycles. The van der Waals surface area contributed by atoms with Gasteiger partial charge in [0.05, 0.1) is 5.41 Å². The van der Waals surface area contributed by atoms with E-state index in [0.717, 1.165) is 64.8 Å². The molecular weight excluding hydrogens is 384 g/mol. The van der Waals surface area contributed by atoms with Gasteiger partial charge in [-0.25, -0.2) is 0 Å². The highest BCUT2D eigenvalue weighted by Crippen LogP contribution is 2.46. The third-order valence-corrected chi connectivity index (χ3v) is 8.15. The summed E-state index contributed by atoms with van der Waals surface area (Å²) in [5, 5.41) is 3.87. The fourth-order valence-corrected chi connectivity index (χ4v) is 5.89. The van der Waals surface area contributed by atoms with E-state index < -0.39 is 0 Å². The minimum atomic E-state index is -0.220. The first-order valence-corrected chi connectivity index (χ1v) is 12.4. The Labute approximate surface area is 189 Å². The fraction of sp³-hybridized carbons (Fsp3) is 0.741. The zero-order chi connectivity index (χ0) is 22.2. The lowest BCUT2D eigenvalue weighted by molar-refractivity contribution is -0.145. The number of carbonyl (C=O) groups is 1. The molecule has 4 nitrogen and oxygen atoms in total. The van der Waals surface area contributed by atoms with Crippen LogP contribution in [0.4, 0.5) is 0 Å². The lowest BCUT2D eigenvalue weighted by Gasteiger charge is -2.40. The Bertz CT molecular complexity index is 791. The maximum Gasteiger partial charge on any atom is 0.229 e. The number of amides is 1. The van der Waals surface area contributed by atoms with Gasteiger partial charge in [0.2, 0.25) is 5.91 Å². The van der Waals surface area contributed by atoms with Gasteiger partial charge in [-0.3, -0.25) is 4.79 Å². The van der Waals surface area contributed by atoms with Gasteiger partial charge in [0, 0.05) is 38.4 Å². The van der Waals surface area contributed by atoms with Crippen LogP contribution in [0.1, 0.15) is 83.4 Å². The van der Waals surface area contributed by atoms with Crippen molar-refractivity contribution < 1.29 is 9.53 Å². The van der Waals surface area contributed by atoms with E-state index in [1.165, 1.54) is 16.7 Å². The lowest BCUT2D eigenvalue weighted by Crippen LogP contribution is -2.49. The molecule has 1 aromatic carbocycles. The second-order valence-corrected chi connectivity index (χ2v) is 11.5. The van der Waals surface area contributed by atoms with E-state index in [-0.39, 0.29) is 10.8 Å². The Hall–Kier alpha value is -1.39. The predicted molar refractivity (Wildman–Crippen MR) is 126 cm³/mol. The highest BCUT2D eigenvalue weighted by atomic mass is 16.5. The van der Waals surface area contributed by atoms with Crippen LogP contribution >= 0.6 is 0 Å². The van der Waals surface area contributed by atoms with Crippen LogP contribution in [0, 0.1) is 11.3 Å². The normalized spacial score (nSPS) is 27.5. The number of hydrogen-bond acceptors (Lipinski definition) is 3. The summed E-state index contributed by atoms with van der Waals surface area (Å²) in [7, 11) is 0. The summed E-state index contributed by atoms with van der Waals surface area (Å²) in [4.78, 5) is 16.1. The molecule has 4 heteroatoms. The van der Waals surface area contributed by atoms with Gasteiger partial charge in [-0.1, -0.05) is 52.8 Å². The van der Waals surface area contributed by atoms with Crippen molar-refractivity contribution in [2.45, 2.75) is 97.2 Å². The van der Waals surface area contributed by atoms with E-state index >= 15 is 0 Å². The van der Waals surface area contributed by atoms with Gasteiger partial charge < -0.3 is 15.0 Å². The van der Waals surface area contributed by atoms with E-state index in [1.54, 1.807) is 0 Å². The SMILES string of the molecule is CC(C)[C@]1(C(=O)N2CCc3ccc(C(C)(C)C)cc3C2)CC[C@@H](NC2CCOCC2)C1. The number of benzene rings is 1. The van der Waals surface area contributed by atoms with Crippen molar-refractivity contribution >= 4 is 5.91 Å². The van der Waals surface area contributed by atoms with Crippen molar-refractivity contribution in [3.63, 3.8) is 0 Å². The topological polar surface area (TPSA) is 41.6 Å². The minimum absolute atomic E-state index is 0.134. The highest BCUT2D eigenvalue weighted by Gasteiger charge is 2.49. The molecule has 1 aliphatic carbocycles. The molecule has 31 heavy (non-hydrogen) atoms. The van der Waals surface area contributed by atoms with Gasteiger partial charge in [0.1, 0.15) is 0 Å². The Morgan fingerprint density at radius 3 is 2.55 bits per heavy atom. The molecule has 4 rings (SSSR count). The Balaban J connectivity index is 1.48. The molecular formula is C27H42N2O2. The van der Waals surface area contributed by atoms with Crippen LogP contribution in [-0.2, 0) is 27.9 Å². The molecule has 0 spiro atoms. The van der Waals surface area contributed by atoms with Crippen molar-refractivity contribution in [3.8, 4) is 0 Å². The quantitative estimate of drug-likeness (QED) is 0.750. The third-order valence-electron chi connectivity index (χ3n) is 8.15. The minimum Gasteiger partial charge on any atom is -0.381 e. The summed E-state index contributed by atoms with van der Waals surface area (Å²) in [6, 6.07) is 7.92. The van der Waals surface area contributed by atoms with Gasteiger partial charge in [0.25, 0.3) is 0 Å². The largest absolute Gasteiger partial charge is 0.381 e. The fourth-order valence-electron chi connectivity index (χ4n) is 5.89. The van der Waals surface area contributed by atoms with Crippen LogP contribution in [0.15, 0.2) is 18.2 Å². The van der Waals surface area contributed by atoms with E-state index in [2.05, 4.69) is 63.0 Å². The van der Waals surface area contributed by atoms with Crippen LogP contribution in [0.5, 0.6) is 0 Å². The standard InChI is InChI=1S/C27H42N2O2/c1-19(2)27(12-8-24(17-27)28-23-10-14-31-15-11-23)25(30)29-13-9-20-6-7-22(26(3,4)5)16-21(20)18-29/h6-7,16,19,23-24,28H,8-15,17-18H2,1-5H3/t24-,27+/m1/s1. The van der Waals surface area contributed by atoms with Crippen LogP contribution in [0.25, 0.3) is 0 Å². The second kappa shape index (κ2) is 8.86. The number of hydrogen-bond donors (Lipinski definition) is 1. The van der Waals surface area contributed by atoms with Gasteiger partial charge in [-0.15, -0.1) is 0 Å². The van der Waals surface area contributed by atoms with E-state index in [9.17, 15) is 4.79 Å². The van der Waals surface area contributed by atoms with Crippen molar-refractivity contribution in [1.82, 2.24) is 10.2 Å². The number of fused-ring (bicyclic) bond motifs is 1. The Morgan fingerprint density at radius 1 is 1.13 bits per heavy atom. The Morgan fingerprint density at radius 2 is 1.87 bits per heavy atom. The maximum absolute atomic E-state index is 14.0. The molecule has 0 radical (unpaired) electrons. The number of nitrogens with one attached hydrogen (secondary N) is 1. The average molecular weight is 427 g/mol. The van der Waals surface area contributed by atoms with E-state index in [0.29, 0.717) is 23.9 Å². The molecule has 2 atom stereocenters. The second-order valence-electron chi connectivity index (χ2n) is 11.5. The summed E-state index contributed by atoms with van der Waals surface area (Å²) in [6.45, 7) is 14.6. The van der Waals surface area contributed by atoms with Gasteiger partial charge in [-0.2, -0.15) is 0 Å². The molecule has 172 valence electrons. The first-order valence-electron chi connectivity index (χ1n) is 12.4. The highest BCUT2D eigenvalue weighted by molar-refractivity contribution is 5.84. The molecule has 2 aliphatic heterocycles. The monoisotopic (exact) mass is 426 g/mol. The molecule has 1 aromatic rings. The van der Waals surface area contributed by atoms with Crippen molar-refractivity contribution in [2.24, 2.45) is 11.3 Å². The summed E-state index contributed by atoms with van der Waals surface area (Å²) in [5.74, 6) is 0.759. The number of rotatable bonds is 4. The van der Waals surface area contributed by atoms with Gasteiger partial charge >= 0.3 is 0 Å². The first kappa shape index (κ1) is 22.8. The predicted octanol–water partition coefficient (Wildman–Crippen LogP) is 4.83. The van der Waals surface area contributed by atoms with Crippen LogP contribution in [0.3, 0.4) is 0 Å². The molecule has 1 saturated carbocycles. The van der Waals surface area contributed by atoms with Crippen molar-refractivity contribution in [1.29, 1.82) is 0 Å². The van der Waals surface area contributed by atoms with Gasteiger partial charge in [-0.05, 0) is 66.5 Å². The molecule has 0 aromatic heterocycles. The van der Waals surface area contributed by atoms with E-state index in [4.69, 9.17) is 4.74 Å². The first-order chi connectivity index (χ1) is 14.7. The smallest absolute Gasteiger partial charge is 0.229 e. The van der Waals surface area contributed by atoms with Crippen molar-refractivity contribution in [2.75, 3.05) is 19.8 Å². The van der Waals surface area contributed by atoms with Gasteiger partial charge in [0.15, 0.2) is 0 Å². The summed E-state index contributed by atoms with van der Waals surface area (Å²) >= 11 is 0. The summed E-state index contributed by atoms with van der Waals surface area (Å²) < 4.78 is 5.52. The number of carbonyl (C=O) groups excluding carboxylic acids is 1. The molecule has 1 amide bonds. The van der Waals surface area contributed by atoms with E-state index in [1.807, 2.05) is 0 Å². The zero-order valence-electron chi connectivity index (χ0n) is 20.3. The molecule has 2 fully saturated rings. The number of ether oxygens (including phenoxy) is 1. The molecule has 1 saturated heterocycles. The van der Waals surface area contributed by atoms with Crippen LogP contribution in [-0.4, -0.2) is 42.6 Å². The van der Waals surface area contributed by atoms with Crippen LogP contribution < -0.4 is 5.32 Å². The van der Waals surface area contributed by atoms with Crippen LogP contribution in [0.2, 0.25) is 0 Å². The average Bonchev–Trinajstić information content (AvgIpc) is 3.17. The summed E-state index contributed by atoms with van der Waals surface area (Å²) in [5.41, 5.74) is 4.04. The Kier molecular flexibility index (Phi) is 6.52. The lowest BCUT2D eigenvalue weighted by atomic mass is 9.73. The third kappa shape index (κ3) is 4.71. The molecule has 0 bridgehead atoms. The maximum atomic E-state index is 14.0. The summed E-state index contributed by atoms with van der Waals surface area (Å²) in [6.07, 6.45) is 6.27. The molecule has 1 N–H and O–H groups in total. The molecule has 0 unspecified atom stereocenters. The number of nitrogens with zero attached hydrogens (tertiary/aromatic N) is 1.